The van der Waals surface area contributed by atoms with E-state index in [9.17, 15) is 4.79 Å². The Morgan fingerprint density at radius 3 is 2.73 bits per heavy atom. The van der Waals surface area contributed by atoms with E-state index in [1.807, 2.05) is 66.3 Å². The molecule has 0 radical (unpaired) electrons. The zero-order valence-corrected chi connectivity index (χ0v) is 17.8. The smallest absolute Gasteiger partial charge is 0.254 e. The summed E-state index contributed by atoms with van der Waals surface area (Å²) in [6, 6.07) is 9.75. The van der Waals surface area contributed by atoms with Crippen LogP contribution in [-0.4, -0.2) is 38.7 Å². The van der Waals surface area contributed by atoms with Crippen molar-refractivity contribution in [3.8, 4) is 11.1 Å². The van der Waals surface area contributed by atoms with Gasteiger partial charge < -0.3 is 9.64 Å². The number of nitrogens with zero attached hydrogens (tertiary/aromatic N) is 4. The van der Waals surface area contributed by atoms with E-state index in [1.165, 1.54) is 0 Å². The third-order valence-corrected chi connectivity index (χ3v) is 5.67. The fourth-order valence-electron chi connectivity index (χ4n) is 4.16. The van der Waals surface area contributed by atoms with Crippen LogP contribution in [0.5, 0.6) is 0 Å². The van der Waals surface area contributed by atoms with Gasteiger partial charge in [-0.1, -0.05) is 12.1 Å². The maximum Gasteiger partial charge on any atom is 0.254 e. The first-order valence-corrected chi connectivity index (χ1v) is 10.5. The third kappa shape index (κ3) is 4.00. The standard InChI is InChI=1S/C24H28N4O2/c1-4-30-16-18-7-9-19(10-8-18)24(29)28-13-5-6-22(28)23-21(15-27(3)26-23)20-11-12-25-14-17(20)2/h7-12,14-15,22H,4-6,13,16H2,1-3H3/t22-/m0/s1. The van der Waals surface area contributed by atoms with Crippen LogP contribution in [0, 0.1) is 6.92 Å². The van der Waals surface area contributed by atoms with E-state index < -0.39 is 0 Å². The Hall–Kier alpha value is -2.99. The lowest BCUT2D eigenvalue weighted by molar-refractivity contribution is 0.0732. The fraction of sp³-hybridized carbons (Fsp3) is 0.375. The van der Waals surface area contributed by atoms with Gasteiger partial charge in [-0.05, 0) is 61.6 Å². The summed E-state index contributed by atoms with van der Waals surface area (Å²) in [5.74, 6) is 0.0588. The number of likely N-dealkylation sites (tertiary alicyclic amines) is 1. The first-order valence-electron chi connectivity index (χ1n) is 10.5. The Kier molecular flexibility index (Phi) is 5.95. The van der Waals surface area contributed by atoms with Gasteiger partial charge in [-0.3, -0.25) is 14.5 Å². The summed E-state index contributed by atoms with van der Waals surface area (Å²) in [4.78, 5) is 19.5. The highest BCUT2D eigenvalue weighted by Gasteiger charge is 2.34. The number of carbonyl (C=O) groups is 1. The van der Waals surface area contributed by atoms with Gasteiger partial charge in [0.15, 0.2) is 0 Å². The average Bonchev–Trinajstić information content (AvgIpc) is 3.39. The summed E-state index contributed by atoms with van der Waals surface area (Å²) in [5, 5.41) is 4.77. The Labute approximate surface area is 177 Å². The van der Waals surface area contributed by atoms with E-state index in [2.05, 4.69) is 11.9 Å². The summed E-state index contributed by atoms with van der Waals surface area (Å²) < 4.78 is 7.29. The molecule has 0 bridgehead atoms. The van der Waals surface area contributed by atoms with Gasteiger partial charge in [0.25, 0.3) is 5.91 Å². The zero-order valence-electron chi connectivity index (χ0n) is 17.8. The molecule has 0 unspecified atom stereocenters. The predicted octanol–water partition coefficient (Wildman–Crippen LogP) is 4.30. The number of ether oxygens (including phenoxy) is 1. The minimum Gasteiger partial charge on any atom is -0.377 e. The van der Waals surface area contributed by atoms with Crippen LogP contribution in [0.2, 0.25) is 0 Å². The topological polar surface area (TPSA) is 60.2 Å². The molecule has 1 atom stereocenters. The van der Waals surface area contributed by atoms with E-state index >= 15 is 0 Å². The molecule has 1 saturated heterocycles. The first kappa shape index (κ1) is 20.3. The molecule has 1 fully saturated rings. The van der Waals surface area contributed by atoms with Crippen LogP contribution in [-0.2, 0) is 18.4 Å². The van der Waals surface area contributed by atoms with E-state index in [-0.39, 0.29) is 11.9 Å². The van der Waals surface area contributed by atoms with E-state index in [4.69, 9.17) is 9.84 Å². The quantitative estimate of drug-likeness (QED) is 0.614. The van der Waals surface area contributed by atoms with E-state index in [1.54, 1.807) is 6.20 Å². The number of amides is 1. The van der Waals surface area contributed by atoms with Gasteiger partial charge in [-0.15, -0.1) is 0 Å². The second-order valence-electron chi connectivity index (χ2n) is 7.78. The Morgan fingerprint density at radius 2 is 2.00 bits per heavy atom. The van der Waals surface area contributed by atoms with E-state index in [0.717, 1.165) is 47.3 Å². The minimum absolute atomic E-state index is 0.0237. The highest BCUT2D eigenvalue weighted by Crippen LogP contribution is 2.38. The summed E-state index contributed by atoms with van der Waals surface area (Å²) in [6.07, 6.45) is 7.61. The van der Waals surface area contributed by atoms with Crippen molar-refractivity contribution in [2.45, 2.75) is 39.3 Å². The maximum absolute atomic E-state index is 13.3. The lowest BCUT2D eigenvalue weighted by Gasteiger charge is -2.25. The number of rotatable bonds is 6. The van der Waals surface area contributed by atoms with Crippen LogP contribution in [0.1, 0.15) is 53.0 Å². The molecule has 1 aliphatic rings. The predicted molar refractivity (Wildman–Crippen MR) is 116 cm³/mol. The average molecular weight is 405 g/mol. The number of pyridine rings is 1. The molecule has 6 heteroatoms. The number of benzene rings is 1. The number of carbonyl (C=O) groups excluding carboxylic acids is 1. The highest BCUT2D eigenvalue weighted by molar-refractivity contribution is 5.94. The van der Waals surface area contributed by atoms with Gasteiger partial charge in [0.2, 0.25) is 0 Å². The number of aromatic nitrogens is 3. The molecule has 2 aromatic heterocycles. The lowest BCUT2D eigenvalue weighted by atomic mass is 9.98. The van der Waals surface area contributed by atoms with Crippen molar-refractivity contribution in [3.05, 3.63) is 71.3 Å². The van der Waals surface area contributed by atoms with Crippen molar-refractivity contribution in [3.63, 3.8) is 0 Å². The van der Waals surface area contributed by atoms with Gasteiger partial charge in [0.05, 0.1) is 18.3 Å². The Bertz CT molecular complexity index is 1030. The summed E-state index contributed by atoms with van der Waals surface area (Å²) in [7, 11) is 1.93. The maximum atomic E-state index is 13.3. The minimum atomic E-state index is -0.0237. The molecule has 0 aliphatic carbocycles. The van der Waals surface area contributed by atoms with Gasteiger partial charge in [-0.2, -0.15) is 5.10 Å². The number of hydrogen-bond acceptors (Lipinski definition) is 4. The molecule has 4 rings (SSSR count). The number of aryl methyl sites for hydroxylation is 2. The molecular formula is C24H28N4O2. The van der Waals surface area contributed by atoms with Crippen LogP contribution in [0.3, 0.4) is 0 Å². The lowest BCUT2D eigenvalue weighted by Crippen LogP contribution is -2.31. The van der Waals surface area contributed by atoms with Crippen molar-refractivity contribution in [2.75, 3.05) is 13.2 Å². The molecule has 3 heterocycles. The fourth-order valence-corrected chi connectivity index (χ4v) is 4.16. The van der Waals surface area contributed by atoms with Crippen molar-refractivity contribution in [1.29, 1.82) is 0 Å². The van der Waals surface area contributed by atoms with Crippen molar-refractivity contribution in [2.24, 2.45) is 7.05 Å². The second-order valence-corrected chi connectivity index (χ2v) is 7.78. The summed E-state index contributed by atoms with van der Waals surface area (Å²) >= 11 is 0. The summed E-state index contributed by atoms with van der Waals surface area (Å²) in [6.45, 7) is 6.03. The second kappa shape index (κ2) is 8.79. The van der Waals surface area contributed by atoms with Crippen LogP contribution in [0.15, 0.2) is 48.9 Å². The molecule has 6 nitrogen and oxygen atoms in total. The van der Waals surface area contributed by atoms with E-state index in [0.29, 0.717) is 18.8 Å². The monoisotopic (exact) mass is 404 g/mol. The largest absolute Gasteiger partial charge is 0.377 e. The zero-order chi connectivity index (χ0) is 21.1. The molecule has 0 N–H and O–H groups in total. The summed E-state index contributed by atoms with van der Waals surface area (Å²) in [5.41, 5.74) is 6.05. The van der Waals surface area contributed by atoms with Gasteiger partial charge in [0, 0.05) is 49.9 Å². The highest BCUT2D eigenvalue weighted by atomic mass is 16.5. The number of hydrogen-bond donors (Lipinski definition) is 0. The van der Waals surface area contributed by atoms with Crippen LogP contribution < -0.4 is 0 Å². The SMILES string of the molecule is CCOCc1ccc(C(=O)N2CCC[C@H]2c2nn(C)cc2-c2ccncc2C)cc1. The Balaban J connectivity index is 1.62. The van der Waals surface area contributed by atoms with Crippen molar-refractivity contribution >= 4 is 5.91 Å². The van der Waals surface area contributed by atoms with Gasteiger partial charge in [-0.25, -0.2) is 0 Å². The van der Waals surface area contributed by atoms with Crippen molar-refractivity contribution < 1.29 is 9.53 Å². The first-order chi connectivity index (χ1) is 14.6. The molecule has 1 amide bonds. The molecule has 1 aromatic carbocycles. The van der Waals surface area contributed by atoms with Gasteiger partial charge >= 0.3 is 0 Å². The van der Waals surface area contributed by atoms with Gasteiger partial charge in [0.1, 0.15) is 0 Å². The Morgan fingerprint density at radius 1 is 1.20 bits per heavy atom. The molecule has 156 valence electrons. The van der Waals surface area contributed by atoms with Crippen LogP contribution in [0.25, 0.3) is 11.1 Å². The van der Waals surface area contributed by atoms with Crippen LogP contribution in [0.4, 0.5) is 0 Å². The normalized spacial score (nSPS) is 16.2. The third-order valence-electron chi connectivity index (χ3n) is 5.67. The molecule has 1 aliphatic heterocycles. The molecular weight excluding hydrogens is 376 g/mol. The molecule has 30 heavy (non-hydrogen) atoms. The van der Waals surface area contributed by atoms with Crippen molar-refractivity contribution in [1.82, 2.24) is 19.7 Å². The molecule has 0 spiro atoms. The molecule has 3 aromatic rings. The van der Waals surface area contributed by atoms with Crippen LogP contribution >= 0.6 is 0 Å². The molecule has 0 saturated carbocycles.